The molecule has 0 saturated heterocycles. The minimum Gasteiger partial charge on any atom is -0.340 e. The Morgan fingerprint density at radius 1 is 0.882 bits per heavy atom. The fourth-order valence-corrected chi connectivity index (χ4v) is 2.15. The Bertz CT molecular complexity index is 460. The van der Waals surface area contributed by atoms with Crippen LogP contribution in [0.5, 0.6) is 0 Å². The van der Waals surface area contributed by atoms with Gasteiger partial charge < -0.3 is 5.32 Å². The maximum Gasteiger partial charge on any atom is 0.132 e. The highest BCUT2D eigenvalue weighted by Crippen LogP contribution is 2.20. The van der Waals surface area contributed by atoms with Crippen LogP contribution in [0.25, 0.3) is 0 Å². The molecule has 1 aromatic heterocycles. The van der Waals surface area contributed by atoms with Crippen LogP contribution in [0, 0.1) is 20.8 Å². The predicted molar refractivity (Wildman–Crippen MR) is 73.2 cm³/mol. The van der Waals surface area contributed by atoms with Gasteiger partial charge in [-0.05, 0) is 61.7 Å². The highest BCUT2D eigenvalue weighted by molar-refractivity contribution is 6.29. The number of aromatic nitrogens is 1. The summed E-state index contributed by atoms with van der Waals surface area (Å²) < 4.78 is 0. The second kappa shape index (κ2) is 4.76. The zero-order valence-electron chi connectivity index (χ0n) is 10.2. The standard InChI is InChI=1S/C14H15ClN2/c1-9-4-10(2)6-12(5-9)16-14-8-11(3)7-13(15)17-14/h4-8H,1-3H3,(H,16,17). The average molecular weight is 247 g/mol. The van der Waals surface area contributed by atoms with E-state index in [1.165, 1.54) is 11.1 Å². The molecule has 88 valence electrons. The highest BCUT2D eigenvalue weighted by atomic mass is 35.5. The SMILES string of the molecule is Cc1cc(C)cc(Nc2cc(C)cc(Cl)n2)c1. The Balaban J connectivity index is 2.31. The fourth-order valence-electron chi connectivity index (χ4n) is 1.88. The molecule has 0 aliphatic rings. The van der Waals surface area contributed by atoms with E-state index in [1.807, 2.05) is 19.1 Å². The molecule has 0 amide bonds. The molecular formula is C14H15ClN2. The van der Waals surface area contributed by atoms with Crippen LogP contribution < -0.4 is 5.32 Å². The Hall–Kier alpha value is -1.54. The first-order valence-corrected chi connectivity index (χ1v) is 5.90. The predicted octanol–water partition coefficient (Wildman–Crippen LogP) is 4.40. The summed E-state index contributed by atoms with van der Waals surface area (Å²) in [6.45, 7) is 6.16. The van der Waals surface area contributed by atoms with Crippen LogP contribution in [0.2, 0.25) is 5.15 Å². The van der Waals surface area contributed by atoms with Crippen LogP contribution in [-0.2, 0) is 0 Å². The normalized spacial score (nSPS) is 10.4. The van der Waals surface area contributed by atoms with E-state index >= 15 is 0 Å². The summed E-state index contributed by atoms with van der Waals surface area (Å²) in [7, 11) is 0. The van der Waals surface area contributed by atoms with Crippen molar-refractivity contribution < 1.29 is 0 Å². The van der Waals surface area contributed by atoms with Gasteiger partial charge in [0.2, 0.25) is 0 Å². The Kier molecular flexibility index (Phi) is 3.34. The van der Waals surface area contributed by atoms with Gasteiger partial charge in [-0.1, -0.05) is 17.7 Å². The number of hydrogen-bond acceptors (Lipinski definition) is 2. The molecule has 0 radical (unpaired) electrons. The molecule has 1 N–H and O–H groups in total. The molecule has 0 unspecified atom stereocenters. The molecule has 0 saturated carbocycles. The number of pyridine rings is 1. The number of nitrogens with one attached hydrogen (secondary N) is 1. The second-order valence-electron chi connectivity index (χ2n) is 4.35. The van der Waals surface area contributed by atoms with Crippen LogP contribution in [0.15, 0.2) is 30.3 Å². The van der Waals surface area contributed by atoms with Crippen molar-refractivity contribution in [3.63, 3.8) is 0 Å². The third-order valence-electron chi connectivity index (χ3n) is 2.43. The molecule has 0 aliphatic heterocycles. The van der Waals surface area contributed by atoms with E-state index in [9.17, 15) is 0 Å². The lowest BCUT2D eigenvalue weighted by atomic mass is 10.1. The van der Waals surface area contributed by atoms with Gasteiger partial charge in [-0.25, -0.2) is 4.98 Å². The lowest BCUT2D eigenvalue weighted by Crippen LogP contribution is -1.95. The van der Waals surface area contributed by atoms with E-state index in [2.05, 4.69) is 42.3 Å². The minimum absolute atomic E-state index is 0.511. The van der Waals surface area contributed by atoms with Gasteiger partial charge in [-0.3, -0.25) is 0 Å². The van der Waals surface area contributed by atoms with Crippen molar-refractivity contribution in [2.45, 2.75) is 20.8 Å². The topological polar surface area (TPSA) is 24.9 Å². The number of nitrogens with zero attached hydrogens (tertiary/aromatic N) is 1. The van der Waals surface area contributed by atoms with Crippen molar-refractivity contribution in [3.8, 4) is 0 Å². The van der Waals surface area contributed by atoms with Crippen LogP contribution in [0.3, 0.4) is 0 Å². The molecule has 0 atom stereocenters. The Labute approximate surface area is 107 Å². The van der Waals surface area contributed by atoms with Gasteiger partial charge in [-0.2, -0.15) is 0 Å². The van der Waals surface area contributed by atoms with Gasteiger partial charge in [-0.15, -0.1) is 0 Å². The van der Waals surface area contributed by atoms with Gasteiger partial charge in [0.25, 0.3) is 0 Å². The number of benzene rings is 1. The molecule has 1 heterocycles. The molecule has 0 aliphatic carbocycles. The first kappa shape index (κ1) is 11.9. The lowest BCUT2D eigenvalue weighted by Gasteiger charge is -2.09. The molecule has 2 rings (SSSR count). The van der Waals surface area contributed by atoms with Crippen molar-refractivity contribution in [1.82, 2.24) is 4.98 Å². The monoisotopic (exact) mass is 246 g/mol. The molecule has 17 heavy (non-hydrogen) atoms. The summed E-state index contributed by atoms with van der Waals surface area (Å²) in [5.74, 6) is 0.778. The maximum atomic E-state index is 5.93. The first-order valence-electron chi connectivity index (χ1n) is 5.52. The summed E-state index contributed by atoms with van der Waals surface area (Å²) in [6, 6.07) is 10.1. The van der Waals surface area contributed by atoms with Crippen LogP contribution in [-0.4, -0.2) is 4.98 Å². The van der Waals surface area contributed by atoms with E-state index in [4.69, 9.17) is 11.6 Å². The summed E-state index contributed by atoms with van der Waals surface area (Å²) in [5, 5.41) is 3.78. The van der Waals surface area contributed by atoms with Gasteiger partial charge in [0, 0.05) is 5.69 Å². The first-order chi connectivity index (χ1) is 8.02. The molecule has 0 bridgehead atoms. The Morgan fingerprint density at radius 3 is 2.06 bits per heavy atom. The summed E-state index contributed by atoms with van der Waals surface area (Å²) in [5.41, 5.74) is 4.59. The lowest BCUT2D eigenvalue weighted by molar-refractivity contribution is 1.27. The van der Waals surface area contributed by atoms with Crippen molar-refractivity contribution in [1.29, 1.82) is 0 Å². The van der Waals surface area contributed by atoms with E-state index in [0.717, 1.165) is 17.1 Å². The fraction of sp³-hybridized carbons (Fsp3) is 0.214. The largest absolute Gasteiger partial charge is 0.340 e. The summed E-state index contributed by atoms with van der Waals surface area (Å²) in [4.78, 5) is 4.24. The van der Waals surface area contributed by atoms with Crippen molar-refractivity contribution in [2.24, 2.45) is 0 Å². The van der Waals surface area contributed by atoms with Crippen LogP contribution >= 0.6 is 11.6 Å². The van der Waals surface area contributed by atoms with Gasteiger partial charge in [0.05, 0.1) is 0 Å². The van der Waals surface area contributed by atoms with Gasteiger partial charge in [0.15, 0.2) is 0 Å². The van der Waals surface area contributed by atoms with Gasteiger partial charge >= 0.3 is 0 Å². The van der Waals surface area contributed by atoms with Crippen molar-refractivity contribution in [3.05, 3.63) is 52.2 Å². The van der Waals surface area contributed by atoms with Crippen LogP contribution in [0.4, 0.5) is 11.5 Å². The number of rotatable bonds is 2. The zero-order valence-corrected chi connectivity index (χ0v) is 11.0. The number of aryl methyl sites for hydroxylation is 3. The summed E-state index contributed by atoms with van der Waals surface area (Å²) in [6.07, 6.45) is 0. The van der Waals surface area contributed by atoms with E-state index < -0.39 is 0 Å². The molecule has 0 fully saturated rings. The third kappa shape index (κ3) is 3.21. The zero-order chi connectivity index (χ0) is 12.4. The van der Waals surface area contributed by atoms with Gasteiger partial charge in [0.1, 0.15) is 11.0 Å². The molecular weight excluding hydrogens is 232 g/mol. The molecule has 0 spiro atoms. The number of anilines is 2. The Morgan fingerprint density at radius 2 is 1.47 bits per heavy atom. The molecule has 2 nitrogen and oxygen atoms in total. The third-order valence-corrected chi connectivity index (χ3v) is 2.63. The highest BCUT2D eigenvalue weighted by Gasteiger charge is 2.00. The van der Waals surface area contributed by atoms with E-state index in [1.54, 1.807) is 0 Å². The molecule has 3 heteroatoms. The van der Waals surface area contributed by atoms with Crippen molar-refractivity contribution >= 4 is 23.1 Å². The molecule has 2 aromatic rings. The quantitative estimate of drug-likeness (QED) is 0.795. The molecule has 1 aromatic carbocycles. The van der Waals surface area contributed by atoms with Crippen LogP contribution in [0.1, 0.15) is 16.7 Å². The summed E-state index contributed by atoms with van der Waals surface area (Å²) >= 11 is 5.93. The smallest absolute Gasteiger partial charge is 0.132 e. The van der Waals surface area contributed by atoms with E-state index in [0.29, 0.717) is 5.15 Å². The van der Waals surface area contributed by atoms with E-state index in [-0.39, 0.29) is 0 Å². The minimum atomic E-state index is 0.511. The number of halogens is 1. The second-order valence-corrected chi connectivity index (χ2v) is 4.74. The maximum absolute atomic E-state index is 5.93. The number of hydrogen-bond donors (Lipinski definition) is 1. The average Bonchev–Trinajstić information content (AvgIpc) is 2.13. The van der Waals surface area contributed by atoms with Crippen molar-refractivity contribution in [2.75, 3.05) is 5.32 Å².